The molecular weight excluding hydrogens is 721 g/mol. The molecule has 0 atom stereocenters. The van der Waals surface area contributed by atoms with Gasteiger partial charge in [0.05, 0.1) is 0 Å². The molecule has 0 radical (unpaired) electrons. The quantitative estimate of drug-likeness (QED) is 0.155. The normalized spacial score (nSPS) is 11.4. The van der Waals surface area contributed by atoms with Crippen molar-refractivity contribution >= 4 is 50.1 Å². The van der Waals surface area contributed by atoms with Gasteiger partial charge in [-0.05, 0) is 105 Å². The molecule has 0 aliphatic heterocycles. The van der Waals surface area contributed by atoms with Crippen molar-refractivity contribution in [2.24, 2.45) is 0 Å². The van der Waals surface area contributed by atoms with Gasteiger partial charge in [0.1, 0.15) is 16.7 Å². The van der Waals surface area contributed by atoms with Crippen LogP contribution in [0.5, 0.6) is 0 Å². The summed E-state index contributed by atoms with van der Waals surface area (Å²) in [5.74, 6) is 0.596. The van der Waals surface area contributed by atoms with Crippen molar-refractivity contribution in [3.05, 3.63) is 218 Å². The van der Waals surface area contributed by atoms with Gasteiger partial charge in [0, 0.05) is 39.5 Å². The van der Waals surface area contributed by atoms with Crippen LogP contribution in [0.2, 0.25) is 0 Å². The molecule has 4 heteroatoms. The summed E-state index contributed by atoms with van der Waals surface area (Å²) in [5, 5.41) is 2.04. The van der Waals surface area contributed by atoms with Gasteiger partial charge in [-0.3, -0.25) is 0 Å². The number of aromatic nitrogens is 1. The number of furan rings is 1. The predicted molar refractivity (Wildman–Crippen MR) is 243 cm³/mol. The van der Waals surface area contributed by atoms with Gasteiger partial charge in [-0.1, -0.05) is 152 Å². The molecule has 4 nitrogen and oxygen atoms in total. The van der Waals surface area contributed by atoms with E-state index in [1.54, 1.807) is 0 Å². The third-order valence-electron chi connectivity index (χ3n) is 11.1. The van der Waals surface area contributed by atoms with E-state index in [9.17, 15) is 0 Å². The van der Waals surface area contributed by atoms with Crippen LogP contribution in [0.1, 0.15) is 0 Å². The molecule has 0 fully saturated rings. The monoisotopic (exact) mass is 756 g/mol. The van der Waals surface area contributed by atoms with E-state index in [1.807, 2.05) is 42.5 Å². The second-order valence-electron chi connectivity index (χ2n) is 14.7. The van der Waals surface area contributed by atoms with Crippen LogP contribution < -0.4 is 4.90 Å². The lowest BCUT2D eigenvalue weighted by Gasteiger charge is -2.27. The Kier molecular flexibility index (Phi) is 8.45. The molecule has 2 heterocycles. The van der Waals surface area contributed by atoms with Crippen LogP contribution in [0.3, 0.4) is 0 Å². The lowest BCUT2D eigenvalue weighted by atomic mass is 9.93. The molecule has 0 unspecified atom stereocenters. The van der Waals surface area contributed by atoms with E-state index >= 15 is 0 Å². The standard InChI is InChI=1S/C55H36N2O2/c1-5-14-37(15-6-1)38-24-28-43(29-25-38)57(45-32-33-46(39-16-7-2-8-17-39)48(34-45)40-18-9-3-10-19-40)44-30-26-41(27-31-44)47-22-13-23-51-54(47)49-35-53-50(36-52(49)58-51)56-55(59-53)42-20-11-4-12-21-42/h1-36H. The van der Waals surface area contributed by atoms with Gasteiger partial charge in [-0.15, -0.1) is 0 Å². The number of benzene rings is 9. The smallest absolute Gasteiger partial charge is 0.227 e. The molecule has 9 aromatic carbocycles. The number of rotatable bonds is 8. The predicted octanol–water partition coefficient (Wildman–Crippen LogP) is 15.5. The average Bonchev–Trinajstić information content (AvgIpc) is 3.90. The maximum atomic E-state index is 6.46. The summed E-state index contributed by atoms with van der Waals surface area (Å²) in [6.45, 7) is 0. The number of hydrogen-bond acceptors (Lipinski definition) is 4. The minimum absolute atomic E-state index is 0.596. The van der Waals surface area contributed by atoms with Crippen LogP contribution in [0.25, 0.3) is 89.0 Å². The lowest BCUT2D eigenvalue weighted by Crippen LogP contribution is -2.10. The fourth-order valence-electron chi connectivity index (χ4n) is 8.26. The van der Waals surface area contributed by atoms with E-state index in [1.165, 1.54) is 33.4 Å². The van der Waals surface area contributed by atoms with Gasteiger partial charge >= 0.3 is 0 Å². The highest BCUT2D eigenvalue weighted by molar-refractivity contribution is 6.15. The van der Waals surface area contributed by atoms with Gasteiger partial charge in [-0.2, -0.15) is 0 Å². The third-order valence-corrected chi connectivity index (χ3v) is 11.1. The Balaban J connectivity index is 1.03. The zero-order valence-electron chi connectivity index (χ0n) is 32.0. The van der Waals surface area contributed by atoms with Crippen molar-refractivity contribution in [2.45, 2.75) is 0 Å². The van der Waals surface area contributed by atoms with Gasteiger partial charge in [0.15, 0.2) is 5.58 Å². The van der Waals surface area contributed by atoms with Crippen molar-refractivity contribution in [3.8, 4) is 56.0 Å². The second-order valence-corrected chi connectivity index (χ2v) is 14.7. The van der Waals surface area contributed by atoms with E-state index in [0.717, 1.165) is 66.8 Å². The van der Waals surface area contributed by atoms with E-state index in [2.05, 4.69) is 181 Å². The molecule has 0 N–H and O–H groups in total. The Morgan fingerprint density at radius 2 is 0.847 bits per heavy atom. The fourth-order valence-corrected chi connectivity index (χ4v) is 8.26. The molecule has 0 saturated heterocycles. The van der Waals surface area contributed by atoms with Crippen molar-refractivity contribution in [1.29, 1.82) is 0 Å². The van der Waals surface area contributed by atoms with Crippen LogP contribution in [-0.2, 0) is 0 Å². The SMILES string of the molecule is c1ccc(-c2ccc(N(c3ccc(-c4cccc5oc6cc7nc(-c8ccccc8)oc7cc6c45)cc3)c3ccc(-c4ccccc4)c(-c4ccccc4)c3)cc2)cc1. The second kappa shape index (κ2) is 14.5. The van der Waals surface area contributed by atoms with E-state index < -0.39 is 0 Å². The Bertz CT molecular complexity index is 3230. The van der Waals surface area contributed by atoms with E-state index in [4.69, 9.17) is 13.8 Å². The summed E-state index contributed by atoms with van der Waals surface area (Å²) in [5.41, 5.74) is 16.5. The molecular formula is C55H36N2O2. The first kappa shape index (κ1) is 34.3. The van der Waals surface area contributed by atoms with Crippen molar-refractivity contribution < 1.29 is 8.83 Å². The summed E-state index contributed by atoms with van der Waals surface area (Å²) in [7, 11) is 0. The van der Waals surface area contributed by atoms with Crippen molar-refractivity contribution in [3.63, 3.8) is 0 Å². The zero-order valence-corrected chi connectivity index (χ0v) is 32.0. The maximum Gasteiger partial charge on any atom is 0.227 e. The number of hydrogen-bond donors (Lipinski definition) is 0. The average molecular weight is 757 g/mol. The van der Waals surface area contributed by atoms with E-state index in [-0.39, 0.29) is 0 Å². The largest absolute Gasteiger partial charge is 0.456 e. The van der Waals surface area contributed by atoms with E-state index in [0.29, 0.717) is 5.89 Å². The third kappa shape index (κ3) is 6.34. The molecule has 0 saturated carbocycles. The summed E-state index contributed by atoms with van der Waals surface area (Å²) in [4.78, 5) is 7.14. The van der Waals surface area contributed by atoms with Crippen LogP contribution in [0.4, 0.5) is 17.1 Å². The first-order valence-electron chi connectivity index (χ1n) is 19.9. The lowest BCUT2D eigenvalue weighted by molar-refractivity contribution is 0.620. The molecule has 0 amide bonds. The first-order chi connectivity index (χ1) is 29.2. The minimum atomic E-state index is 0.596. The summed E-state index contributed by atoms with van der Waals surface area (Å²) in [6.07, 6.45) is 0. The highest BCUT2D eigenvalue weighted by Gasteiger charge is 2.19. The zero-order chi connectivity index (χ0) is 39.1. The number of nitrogens with zero attached hydrogens (tertiary/aromatic N) is 2. The summed E-state index contributed by atoms with van der Waals surface area (Å²) >= 11 is 0. The molecule has 0 aliphatic carbocycles. The summed E-state index contributed by atoms with van der Waals surface area (Å²) < 4.78 is 12.8. The van der Waals surface area contributed by atoms with Gasteiger partial charge < -0.3 is 13.7 Å². The van der Waals surface area contributed by atoms with Crippen LogP contribution in [-0.4, -0.2) is 4.98 Å². The van der Waals surface area contributed by atoms with Crippen LogP contribution in [0, 0.1) is 0 Å². The molecule has 11 aromatic rings. The molecule has 0 aliphatic rings. The topological polar surface area (TPSA) is 42.4 Å². The van der Waals surface area contributed by atoms with Gasteiger partial charge in [0.25, 0.3) is 0 Å². The first-order valence-corrected chi connectivity index (χ1v) is 19.9. The molecule has 59 heavy (non-hydrogen) atoms. The minimum Gasteiger partial charge on any atom is -0.456 e. The Labute approximate surface area is 341 Å². The van der Waals surface area contributed by atoms with Crippen LogP contribution in [0.15, 0.2) is 227 Å². The number of oxazole rings is 1. The van der Waals surface area contributed by atoms with Crippen LogP contribution >= 0.6 is 0 Å². The Morgan fingerprint density at radius 1 is 0.322 bits per heavy atom. The molecule has 2 aromatic heterocycles. The van der Waals surface area contributed by atoms with Crippen molar-refractivity contribution in [2.75, 3.05) is 4.90 Å². The van der Waals surface area contributed by atoms with Gasteiger partial charge in [-0.25, -0.2) is 4.98 Å². The van der Waals surface area contributed by atoms with Gasteiger partial charge in [0.2, 0.25) is 5.89 Å². The summed E-state index contributed by atoms with van der Waals surface area (Å²) in [6, 6.07) is 76.7. The Morgan fingerprint density at radius 3 is 1.49 bits per heavy atom. The molecule has 0 spiro atoms. The fraction of sp³-hybridized carbons (Fsp3) is 0. The highest BCUT2D eigenvalue weighted by Crippen LogP contribution is 2.43. The Hall–Kier alpha value is -7.95. The number of anilines is 3. The number of fused-ring (bicyclic) bond motifs is 4. The molecule has 11 rings (SSSR count). The maximum absolute atomic E-state index is 6.46. The highest BCUT2D eigenvalue weighted by atomic mass is 16.4. The van der Waals surface area contributed by atoms with Crippen molar-refractivity contribution in [1.82, 2.24) is 4.98 Å². The molecule has 0 bridgehead atoms. The molecule has 278 valence electrons.